The van der Waals surface area contributed by atoms with Crippen molar-refractivity contribution in [2.75, 3.05) is 0 Å². The van der Waals surface area contributed by atoms with E-state index in [0.29, 0.717) is 24.5 Å². The third kappa shape index (κ3) is 3.89. The number of imidazole rings is 1. The molecule has 0 radical (unpaired) electrons. The number of benzene rings is 2. The van der Waals surface area contributed by atoms with Gasteiger partial charge in [0.2, 0.25) is 0 Å². The van der Waals surface area contributed by atoms with Gasteiger partial charge in [-0.25, -0.2) is 4.98 Å². The van der Waals surface area contributed by atoms with Crippen LogP contribution in [0.2, 0.25) is 0 Å². The summed E-state index contributed by atoms with van der Waals surface area (Å²) in [5, 5.41) is 2.45. The number of aromatic nitrogens is 3. The van der Waals surface area contributed by atoms with Crippen molar-refractivity contribution in [1.82, 2.24) is 19.4 Å². The molecule has 0 saturated carbocycles. The normalized spacial score (nSPS) is 21.8. The number of carbonyl (C=O) groups is 1. The molecule has 1 amide bonds. The van der Waals surface area contributed by atoms with Gasteiger partial charge in [-0.1, -0.05) is 30.3 Å². The van der Waals surface area contributed by atoms with Crippen molar-refractivity contribution in [3.05, 3.63) is 95.8 Å². The van der Waals surface area contributed by atoms with Crippen molar-refractivity contribution < 1.29 is 4.79 Å². The highest BCUT2D eigenvalue weighted by atomic mass is 16.2. The van der Waals surface area contributed by atoms with E-state index < -0.39 is 0 Å². The van der Waals surface area contributed by atoms with Gasteiger partial charge in [0.15, 0.2) is 0 Å². The molecule has 6 rings (SSSR count). The quantitative estimate of drug-likeness (QED) is 0.408. The molecule has 0 unspecified atom stereocenters. The van der Waals surface area contributed by atoms with Gasteiger partial charge < -0.3 is 9.47 Å². The van der Waals surface area contributed by atoms with E-state index in [2.05, 4.69) is 49.8 Å². The first-order valence-corrected chi connectivity index (χ1v) is 12.4. The number of nitrogens with zero attached hydrogens (tertiary/aromatic N) is 4. The van der Waals surface area contributed by atoms with Crippen LogP contribution in [0.5, 0.6) is 0 Å². The van der Waals surface area contributed by atoms with Gasteiger partial charge in [0.05, 0.1) is 0 Å². The lowest BCUT2D eigenvalue weighted by Gasteiger charge is -2.39. The summed E-state index contributed by atoms with van der Waals surface area (Å²) in [6.45, 7) is 2.68. The molecule has 5 heteroatoms. The fourth-order valence-electron chi connectivity index (χ4n) is 6.14. The summed E-state index contributed by atoms with van der Waals surface area (Å²) in [4.78, 5) is 24.6. The SMILES string of the molecule is Cc1nccn1Cc1ccccc1C(=O)N1[C@H]2CC[C@H]1CC(Cc1ccc3ccncc3c1)C2. The number of piperidine rings is 1. The van der Waals surface area contributed by atoms with E-state index >= 15 is 0 Å². The predicted molar refractivity (Wildman–Crippen MR) is 134 cm³/mol. The Kier molecular flexibility index (Phi) is 5.40. The van der Waals surface area contributed by atoms with Crippen molar-refractivity contribution in [1.29, 1.82) is 0 Å². The Morgan fingerprint density at radius 1 is 1.00 bits per heavy atom. The maximum absolute atomic E-state index is 13.8. The summed E-state index contributed by atoms with van der Waals surface area (Å²) in [5.41, 5.74) is 3.29. The lowest BCUT2D eigenvalue weighted by Crippen LogP contribution is -2.47. The fraction of sp³-hybridized carbons (Fsp3) is 0.345. The molecule has 2 bridgehead atoms. The average molecular weight is 451 g/mol. The lowest BCUT2D eigenvalue weighted by molar-refractivity contribution is 0.0523. The molecule has 2 fully saturated rings. The van der Waals surface area contributed by atoms with Gasteiger partial charge in [0, 0.05) is 54.4 Å². The van der Waals surface area contributed by atoms with E-state index in [-0.39, 0.29) is 5.91 Å². The molecule has 2 atom stereocenters. The fourth-order valence-corrected chi connectivity index (χ4v) is 6.14. The van der Waals surface area contributed by atoms with E-state index in [1.807, 2.05) is 49.9 Å². The molecule has 0 spiro atoms. The minimum absolute atomic E-state index is 0.205. The molecule has 0 N–H and O–H groups in total. The number of hydrogen-bond donors (Lipinski definition) is 0. The van der Waals surface area contributed by atoms with Crippen molar-refractivity contribution in [3.8, 4) is 0 Å². The van der Waals surface area contributed by atoms with Gasteiger partial charge in [-0.15, -0.1) is 0 Å². The minimum Gasteiger partial charge on any atom is -0.333 e. The predicted octanol–water partition coefficient (Wildman–Crippen LogP) is 5.41. The third-order valence-corrected chi connectivity index (χ3v) is 7.81. The Bertz CT molecular complexity index is 1330. The van der Waals surface area contributed by atoms with Gasteiger partial charge in [0.1, 0.15) is 5.82 Å². The first-order valence-electron chi connectivity index (χ1n) is 12.4. The number of rotatable bonds is 5. The van der Waals surface area contributed by atoms with Crippen molar-refractivity contribution in [2.45, 2.75) is 57.7 Å². The Labute approximate surface area is 200 Å². The van der Waals surface area contributed by atoms with Gasteiger partial charge >= 0.3 is 0 Å². The highest BCUT2D eigenvalue weighted by Crippen LogP contribution is 2.41. The van der Waals surface area contributed by atoms with Crippen LogP contribution < -0.4 is 0 Å². The third-order valence-electron chi connectivity index (χ3n) is 7.81. The minimum atomic E-state index is 0.205. The molecular weight excluding hydrogens is 420 g/mol. The van der Waals surface area contributed by atoms with Crippen molar-refractivity contribution in [2.24, 2.45) is 5.92 Å². The van der Waals surface area contributed by atoms with Gasteiger partial charge in [-0.05, 0) is 79.7 Å². The Morgan fingerprint density at radius 3 is 2.62 bits per heavy atom. The summed E-state index contributed by atoms with van der Waals surface area (Å²) in [5.74, 6) is 1.79. The van der Waals surface area contributed by atoms with Crippen LogP contribution in [-0.2, 0) is 13.0 Å². The standard InChI is InChI=1S/C29H30N4O/c1-20-31-12-13-32(20)19-24-4-2-3-5-28(24)29(34)33-26-8-9-27(33)17-22(16-26)14-21-6-7-23-10-11-30-18-25(23)15-21/h2-7,10-13,15,18,22,26-27H,8-9,14,16-17,19H2,1H3/t26-,27-/m0/s1. The molecule has 4 aromatic rings. The topological polar surface area (TPSA) is 51.0 Å². The molecule has 4 heterocycles. The summed E-state index contributed by atoms with van der Waals surface area (Å²) in [6.07, 6.45) is 13.1. The largest absolute Gasteiger partial charge is 0.333 e. The van der Waals surface area contributed by atoms with Crippen LogP contribution in [-0.4, -0.2) is 37.4 Å². The van der Waals surface area contributed by atoms with E-state index in [4.69, 9.17) is 0 Å². The molecule has 2 aliphatic heterocycles. The summed E-state index contributed by atoms with van der Waals surface area (Å²) < 4.78 is 2.10. The molecule has 2 aliphatic rings. The Hall–Kier alpha value is -3.47. The summed E-state index contributed by atoms with van der Waals surface area (Å²) in [7, 11) is 0. The van der Waals surface area contributed by atoms with E-state index in [9.17, 15) is 4.79 Å². The van der Waals surface area contributed by atoms with Crippen LogP contribution in [0.25, 0.3) is 10.8 Å². The second-order valence-corrected chi connectivity index (χ2v) is 9.96. The smallest absolute Gasteiger partial charge is 0.254 e. The zero-order valence-electron chi connectivity index (χ0n) is 19.6. The summed E-state index contributed by atoms with van der Waals surface area (Å²) >= 11 is 0. The number of amides is 1. The van der Waals surface area contributed by atoms with Gasteiger partial charge in [-0.3, -0.25) is 9.78 Å². The molecule has 2 saturated heterocycles. The molecule has 5 nitrogen and oxygen atoms in total. The van der Waals surface area contributed by atoms with Crippen LogP contribution >= 0.6 is 0 Å². The molecule has 2 aromatic carbocycles. The maximum Gasteiger partial charge on any atom is 0.254 e. The van der Waals surface area contributed by atoms with E-state index in [0.717, 1.165) is 49.1 Å². The van der Waals surface area contributed by atoms with Crippen molar-refractivity contribution >= 4 is 16.7 Å². The molecular formula is C29H30N4O. The number of hydrogen-bond acceptors (Lipinski definition) is 3. The van der Waals surface area contributed by atoms with Crippen molar-refractivity contribution in [3.63, 3.8) is 0 Å². The molecule has 34 heavy (non-hydrogen) atoms. The Balaban J connectivity index is 1.19. The lowest BCUT2D eigenvalue weighted by atomic mass is 9.85. The zero-order valence-corrected chi connectivity index (χ0v) is 19.6. The first-order chi connectivity index (χ1) is 16.7. The highest BCUT2D eigenvalue weighted by Gasteiger charge is 2.43. The van der Waals surface area contributed by atoms with Crippen LogP contribution in [0.15, 0.2) is 73.3 Å². The second-order valence-electron chi connectivity index (χ2n) is 9.96. The van der Waals surface area contributed by atoms with Crippen LogP contribution in [0.3, 0.4) is 0 Å². The van der Waals surface area contributed by atoms with E-state index in [1.54, 1.807) is 0 Å². The number of fused-ring (bicyclic) bond motifs is 3. The van der Waals surface area contributed by atoms with Crippen LogP contribution in [0.1, 0.15) is 53.0 Å². The highest BCUT2D eigenvalue weighted by molar-refractivity contribution is 5.96. The van der Waals surface area contributed by atoms with Gasteiger partial charge in [-0.2, -0.15) is 0 Å². The van der Waals surface area contributed by atoms with Crippen LogP contribution in [0.4, 0.5) is 0 Å². The number of carbonyl (C=O) groups excluding carboxylic acids is 1. The molecule has 172 valence electrons. The monoisotopic (exact) mass is 450 g/mol. The summed E-state index contributed by atoms with van der Waals surface area (Å²) in [6, 6.07) is 17.6. The van der Waals surface area contributed by atoms with E-state index in [1.165, 1.54) is 16.3 Å². The maximum atomic E-state index is 13.8. The average Bonchev–Trinajstić information content (AvgIpc) is 3.38. The number of pyridine rings is 1. The first kappa shape index (κ1) is 21.1. The Morgan fingerprint density at radius 2 is 1.82 bits per heavy atom. The van der Waals surface area contributed by atoms with Gasteiger partial charge in [0.25, 0.3) is 5.91 Å². The number of aryl methyl sites for hydroxylation is 1. The zero-order chi connectivity index (χ0) is 23.1. The van der Waals surface area contributed by atoms with Crippen LogP contribution in [0, 0.1) is 12.8 Å². The second kappa shape index (κ2) is 8.71. The molecule has 2 aromatic heterocycles. The molecule has 0 aliphatic carbocycles.